The second-order valence-electron chi connectivity index (χ2n) is 7.25. The van der Waals surface area contributed by atoms with Crippen LogP contribution in [0.2, 0.25) is 0 Å². The Labute approximate surface area is 179 Å². The second kappa shape index (κ2) is 10.1. The van der Waals surface area contributed by atoms with Crippen molar-refractivity contribution in [1.82, 2.24) is 0 Å². The number of phenolic OH excluding ortho intramolecular Hbond substituents is 1. The molecule has 0 saturated carbocycles. The van der Waals surface area contributed by atoms with E-state index < -0.39 is 37.3 Å². The number of aliphatic hydroxyl groups is 4. The summed E-state index contributed by atoms with van der Waals surface area (Å²) in [6, 6.07) is 11.8. The monoisotopic (exact) mass is 434 g/mol. The highest BCUT2D eigenvalue weighted by Crippen LogP contribution is 2.36. The summed E-state index contributed by atoms with van der Waals surface area (Å²) in [7, 11) is 1.33. The number of methoxy groups -OCH3 is 1. The summed E-state index contributed by atoms with van der Waals surface area (Å²) < 4.78 is 16.2. The van der Waals surface area contributed by atoms with Gasteiger partial charge in [0.15, 0.2) is 5.78 Å². The first-order valence-corrected chi connectivity index (χ1v) is 9.81. The number of aryl methyl sites for hydroxylation is 1. The average molecular weight is 434 g/mol. The van der Waals surface area contributed by atoms with Gasteiger partial charge in [0.05, 0.1) is 13.7 Å². The maximum absolute atomic E-state index is 13.0. The molecule has 3 rings (SSSR count). The maximum atomic E-state index is 13.0. The third-order valence-corrected chi connectivity index (χ3v) is 5.12. The molecule has 9 heteroatoms. The number of carbonyl (C=O) groups is 1. The number of ether oxygens (including phenoxy) is 3. The molecule has 0 aromatic heterocycles. The molecule has 168 valence electrons. The van der Waals surface area contributed by atoms with Crippen molar-refractivity contribution < 1.29 is 44.5 Å². The van der Waals surface area contributed by atoms with Crippen molar-refractivity contribution >= 4 is 5.78 Å². The first kappa shape index (κ1) is 23.0. The first-order valence-electron chi connectivity index (χ1n) is 9.81. The fourth-order valence-corrected chi connectivity index (χ4v) is 3.42. The lowest BCUT2D eigenvalue weighted by Gasteiger charge is -2.39. The molecule has 1 aliphatic heterocycles. The molecule has 1 saturated heterocycles. The van der Waals surface area contributed by atoms with E-state index in [0.717, 1.165) is 5.56 Å². The third-order valence-electron chi connectivity index (χ3n) is 5.12. The van der Waals surface area contributed by atoms with Gasteiger partial charge >= 0.3 is 0 Å². The summed E-state index contributed by atoms with van der Waals surface area (Å²) in [6.07, 6.45) is -6.97. The lowest BCUT2D eigenvalue weighted by molar-refractivity contribution is -0.277. The fraction of sp³-hybridized carbons (Fsp3) is 0.409. The number of rotatable bonds is 8. The van der Waals surface area contributed by atoms with Gasteiger partial charge in [-0.25, -0.2) is 0 Å². The lowest BCUT2D eigenvalue weighted by Crippen LogP contribution is -2.60. The van der Waals surface area contributed by atoms with E-state index in [1.807, 2.05) is 30.3 Å². The highest BCUT2D eigenvalue weighted by atomic mass is 16.7. The van der Waals surface area contributed by atoms with Crippen molar-refractivity contribution in [3.8, 4) is 17.2 Å². The lowest BCUT2D eigenvalue weighted by atomic mass is 9.99. The van der Waals surface area contributed by atoms with Crippen LogP contribution >= 0.6 is 0 Å². The van der Waals surface area contributed by atoms with Crippen molar-refractivity contribution in [3.05, 3.63) is 53.6 Å². The zero-order valence-corrected chi connectivity index (χ0v) is 16.9. The van der Waals surface area contributed by atoms with Gasteiger partial charge in [0.25, 0.3) is 0 Å². The second-order valence-corrected chi connectivity index (χ2v) is 7.25. The standard InChI is InChI=1S/C22H26O9/c1-29-15-9-13(24)10-16(18(15)14(25)8-7-12-5-3-2-4-6-12)30-22-21(28)20(27)19(26)17(11-23)31-22/h2-6,9-10,17,19-24,26-28H,7-8,11H2,1H3/t17-,19-,20+,21-,22-/m1/s1. The van der Waals surface area contributed by atoms with Crippen LogP contribution in [0.4, 0.5) is 0 Å². The van der Waals surface area contributed by atoms with Crippen molar-refractivity contribution in [2.24, 2.45) is 0 Å². The Kier molecular flexibility index (Phi) is 7.47. The van der Waals surface area contributed by atoms with Crippen molar-refractivity contribution in [1.29, 1.82) is 0 Å². The van der Waals surface area contributed by atoms with Crippen molar-refractivity contribution in [3.63, 3.8) is 0 Å². The molecule has 1 aliphatic rings. The molecule has 1 fully saturated rings. The molecule has 0 bridgehead atoms. The molecule has 31 heavy (non-hydrogen) atoms. The topological polar surface area (TPSA) is 146 Å². The van der Waals surface area contributed by atoms with Gasteiger partial charge in [-0.15, -0.1) is 0 Å². The molecule has 0 unspecified atom stereocenters. The molecule has 2 aromatic carbocycles. The molecule has 0 radical (unpaired) electrons. The van der Waals surface area contributed by atoms with E-state index >= 15 is 0 Å². The summed E-state index contributed by atoms with van der Waals surface area (Å²) in [6.45, 7) is -0.628. The van der Waals surface area contributed by atoms with Gasteiger partial charge < -0.3 is 39.7 Å². The minimum Gasteiger partial charge on any atom is -0.508 e. The van der Waals surface area contributed by atoms with Gasteiger partial charge in [0.2, 0.25) is 6.29 Å². The Balaban J connectivity index is 1.87. The van der Waals surface area contributed by atoms with Crippen molar-refractivity contribution in [2.45, 2.75) is 43.5 Å². The van der Waals surface area contributed by atoms with Crippen molar-refractivity contribution in [2.75, 3.05) is 13.7 Å². The Morgan fingerprint density at radius 1 is 1.03 bits per heavy atom. The van der Waals surface area contributed by atoms with Crippen LogP contribution < -0.4 is 9.47 Å². The molecule has 2 aromatic rings. The smallest absolute Gasteiger partial charge is 0.229 e. The van der Waals surface area contributed by atoms with Gasteiger partial charge in [-0.05, 0) is 12.0 Å². The van der Waals surface area contributed by atoms with Gasteiger partial charge in [-0.2, -0.15) is 0 Å². The minimum atomic E-state index is -1.67. The predicted octanol–water partition coefficient (Wildman–Crippen LogP) is 0.395. The van der Waals surface area contributed by atoms with E-state index in [9.17, 15) is 30.3 Å². The average Bonchev–Trinajstić information content (AvgIpc) is 2.78. The molecular formula is C22H26O9. The summed E-state index contributed by atoms with van der Waals surface area (Å²) in [5.74, 6) is -0.645. The molecule has 0 amide bonds. The zero-order valence-electron chi connectivity index (χ0n) is 16.9. The number of aromatic hydroxyl groups is 1. The number of Topliss-reactive ketones (excluding diaryl/α,β-unsaturated/α-hetero) is 1. The van der Waals surface area contributed by atoms with E-state index in [4.69, 9.17) is 14.2 Å². The molecule has 0 aliphatic carbocycles. The minimum absolute atomic E-state index is 0.0354. The van der Waals surface area contributed by atoms with Crippen LogP contribution in [0.25, 0.3) is 0 Å². The van der Waals surface area contributed by atoms with Crippen LogP contribution in [0.1, 0.15) is 22.3 Å². The summed E-state index contributed by atoms with van der Waals surface area (Å²) >= 11 is 0. The quantitative estimate of drug-likeness (QED) is 0.373. The van der Waals surface area contributed by atoms with Crippen LogP contribution in [0.3, 0.4) is 0 Å². The molecular weight excluding hydrogens is 408 g/mol. The number of benzene rings is 2. The maximum Gasteiger partial charge on any atom is 0.229 e. The van der Waals surface area contributed by atoms with Gasteiger partial charge in [-0.3, -0.25) is 4.79 Å². The predicted molar refractivity (Wildman–Crippen MR) is 108 cm³/mol. The third kappa shape index (κ3) is 5.15. The van der Waals surface area contributed by atoms with Gasteiger partial charge in [0.1, 0.15) is 47.2 Å². The highest BCUT2D eigenvalue weighted by molar-refractivity contribution is 6.01. The Morgan fingerprint density at radius 3 is 2.35 bits per heavy atom. The Hall–Kier alpha value is -2.69. The normalized spacial score (nSPS) is 25.8. The highest BCUT2D eigenvalue weighted by Gasteiger charge is 2.45. The SMILES string of the molecule is COc1cc(O)cc(O[C@@H]2O[C@H](CO)[C@@H](O)[C@H](O)[C@H]2O)c1C(=O)CCc1ccccc1. The summed E-state index contributed by atoms with van der Waals surface area (Å²) in [5, 5.41) is 49.5. The van der Waals surface area contributed by atoms with E-state index in [1.165, 1.54) is 19.2 Å². The largest absolute Gasteiger partial charge is 0.508 e. The molecule has 9 nitrogen and oxygen atoms in total. The zero-order chi connectivity index (χ0) is 22.5. The van der Waals surface area contributed by atoms with E-state index in [-0.39, 0.29) is 35.0 Å². The molecule has 5 atom stereocenters. The van der Waals surface area contributed by atoms with Crippen LogP contribution in [0.15, 0.2) is 42.5 Å². The van der Waals surface area contributed by atoms with E-state index in [0.29, 0.717) is 6.42 Å². The molecule has 0 spiro atoms. The summed E-state index contributed by atoms with van der Waals surface area (Å²) in [5.41, 5.74) is 0.998. The van der Waals surface area contributed by atoms with E-state index in [2.05, 4.69) is 0 Å². The Bertz CT molecular complexity index is 884. The van der Waals surface area contributed by atoms with Crippen LogP contribution in [0.5, 0.6) is 17.2 Å². The van der Waals surface area contributed by atoms with Gasteiger partial charge in [0, 0.05) is 18.6 Å². The number of ketones is 1. The number of aliphatic hydroxyl groups excluding tert-OH is 4. The number of phenols is 1. The first-order chi connectivity index (χ1) is 14.8. The molecule has 1 heterocycles. The summed E-state index contributed by atoms with van der Waals surface area (Å²) in [4.78, 5) is 13.0. The Morgan fingerprint density at radius 2 is 1.71 bits per heavy atom. The van der Waals surface area contributed by atoms with Crippen LogP contribution in [-0.2, 0) is 11.2 Å². The number of hydrogen-bond donors (Lipinski definition) is 5. The van der Waals surface area contributed by atoms with Crippen LogP contribution in [-0.4, -0.2) is 75.7 Å². The van der Waals surface area contributed by atoms with Gasteiger partial charge in [-0.1, -0.05) is 30.3 Å². The number of carbonyl (C=O) groups excluding carboxylic acids is 1. The van der Waals surface area contributed by atoms with Crippen LogP contribution in [0, 0.1) is 0 Å². The number of hydrogen-bond acceptors (Lipinski definition) is 9. The molecule has 5 N–H and O–H groups in total. The fourth-order valence-electron chi connectivity index (χ4n) is 3.42. The van der Waals surface area contributed by atoms with E-state index in [1.54, 1.807) is 0 Å².